The molecule has 0 bridgehead atoms. The first kappa shape index (κ1) is 19.0. The number of anilines is 1. The van der Waals surface area contributed by atoms with Crippen LogP contribution in [-0.4, -0.2) is 15.5 Å². The van der Waals surface area contributed by atoms with Crippen molar-refractivity contribution in [1.29, 1.82) is 0 Å². The lowest BCUT2D eigenvalue weighted by atomic mass is 10.2. The van der Waals surface area contributed by atoms with Gasteiger partial charge in [-0.2, -0.15) is 0 Å². The van der Waals surface area contributed by atoms with Crippen molar-refractivity contribution in [2.24, 2.45) is 0 Å². The van der Waals surface area contributed by atoms with E-state index in [4.69, 9.17) is 4.74 Å². The highest BCUT2D eigenvalue weighted by atomic mass is 16.5. The highest BCUT2D eigenvalue weighted by Crippen LogP contribution is 2.23. The second-order valence-corrected chi connectivity index (χ2v) is 7.58. The number of rotatable bonds is 7. The van der Waals surface area contributed by atoms with E-state index in [1.807, 2.05) is 73.1 Å². The maximum atomic E-state index is 12.4. The van der Waals surface area contributed by atoms with E-state index in [2.05, 4.69) is 33.1 Å². The second kappa shape index (κ2) is 8.40. The van der Waals surface area contributed by atoms with Gasteiger partial charge in [0.25, 0.3) is 0 Å². The number of nitrogens with zero attached hydrogens (tertiary/aromatic N) is 1. The molecule has 2 N–H and O–H groups in total. The molecule has 2 heterocycles. The highest BCUT2D eigenvalue weighted by molar-refractivity contribution is 5.93. The van der Waals surface area contributed by atoms with Crippen LogP contribution in [0.2, 0.25) is 0 Å². The zero-order valence-corrected chi connectivity index (χ0v) is 17.0. The van der Waals surface area contributed by atoms with Crippen molar-refractivity contribution in [3.8, 4) is 5.75 Å². The topological polar surface area (TPSA) is 59.0 Å². The Labute approximate surface area is 180 Å². The smallest absolute Gasteiger partial charge is 0.226 e. The van der Waals surface area contributed by atoms with Crippen molar-refractivity contribution in [2.75, 3.05) is 5.32 Å². The van der Waals surface area contributed by atoms with Gasteiger partial charge in [0.2, 0.25) is 5.91 Å². The fraction of sp³-hybridized carbons (Fsp3) is 0.115. The van der Waals surface area contributed by atoms with Crippen molar-refractivity contribution in [3.05, 3.63) is 96.8 Å². The predicted octanol–water partition coefficient (Wildman–Crippen LogP) is 5.73. The van der Waals surface area contributed by atoms with Crippen molar-refractivity contribution < 1.29 is 9.53 Å². The molecule has 0 aliphatic heterocycles. The molecular weight excluding hydrogens is 386 g/mol. The number of benzene rings is 3. The van der Waals surface area contributed by atoms with Gasteiger partial charge < -0.3 is 19.6 Å². The Hall–Kier alpha value is -3.99. The Kier molecular flexibility index (Phi) is 5.15. The number of carbonyl (C=O) groups is 1. The van der Waals surface area contributed by atoms with Gasteiger partial charge in [-0.15, -0.1) is 0 Å². The number of aryl methyl sites for hydroxylation is 1. The summed E-state index contributed by atoms with van der Waals surface area (Å²) in [6, 6.07) is 26.1. The molecule has 3 aromatic carbocycles. The largest absolute Gasteiger partial charge is 0.489 e. The van der Waals surface area contributed by atoms with Crippen LogP contribution in [0.4, 0.5) is 5.69 Å². The van der Waals surface area contributed by atoms with Gasteiger partial charge in [-0.05, 0) is 53.4 Å². The summed E-state index contributed by atoms with van der Waals surface area (Å²) in [5.74, 6) is 0.835. The van der Waals surface area contributed by atoms with E-state index in [0.717, 1.165) is 38.8 Å². The summed E-state index contributed by atoms with van der Waals surface area (Å²) in [7, 11) is 0. The van der Waals surface area contributed by atoms with Crippen LogP contribution in [-0.2, 0) is 17.9 Å². The summed E-state index contributed by atoms with van der Waals surface area (Å²) < 4.78 is 8.02. The number of ether oxygens (including phenoxy) is 1. The molecule has 5 nitrogen and oxygen atoms in total. The quantitative estimate of drug-likeness (QED) is 0.361. The molecule has 154 valence electrons. The maximum Gasteiger partial charge on any atom is 0.226 e. The van der Waals surface area contributed by atoms with Gasteiger partial charge in [-0.3, -0.25) is 4.79 Å². The number of fused-ring (bicyclic) bond motifs is 2. The first-order valence-corrected chi connectivity index (χ1v) is 10.4. The van der Waals surface area contributed by atoms with Crippen LogP contribution in [0.15, 0.2) is 91.3 Å². The van der Waals surface area contributed by atoms with Crippen LogP contribution in [0.3, 0.4) is 0 Å². The Morgan fingerprint density at radius 1 is 0.935 bits per heavy atom. The maximum absolute atomic E-state index is 12.4. The third-order valence-corrected chi connectivity index (χ3v) is 5.41. The van der Waals surface area contributed by atoms with Gasteiger partial charge >= 0.3 is 0 Å². The average molecular weight is 409 g/mol. The Morgan fingerprint density at radius 3 is 2.74 bits per heavy atom. The zero-order valence-electron chi connectivity index (χ0n) is 17.0. The number of hydrogen-bond donors (Lipinski definition) is 2. The number of aromatic nitrogens is 2. The Bertz CT molecular complexity index is 1330. The van der Waals surface area contributed by atoms with Gasteiger partial charge in [0.15, 0.2) is 0 Å². The molecule has 31 heavy (non-hydrogen) atoms. The molecule has 5 aromatic rings. The number of hydrogen-bond acceptors (Lipinski definition) is 2. The number of amides is 1. The highest BCUT2D eigenvalue weighted by Gasteiger charge is 2.07. The van der Waals surface area contributed by atoms with E-state index in [0.29, 0.717) is 19.6 Å². The van der Waals surface area contributed by atoms with E-state index in [-0.39, 0.29) is 5.91 Å². The molecular formula is C26H23N3O2. The van der Waals surface area contributed by atoms with Crippen molar-refractivity contribution in [3.63, 3.8) is 0 Å². The molecule has 0 radical (unpaired) electrons. The number of aromatic amines is 1. The summed E-state index contributed by atoms with van der Waals surface area (Å²) in [4.78, 5) is 15.6. The van der Waals surface area contributed by atoms with Crippen LogP contribution in [0.25, 0.3) is 21.8 Å². The summed E-state index contributed by atoms with van der Waals surface area (Å²) in [6.45, 7) is 1.16. The standard InChI is InChI=1S/C26H23N3O2/c30-26(28-22-7-6-20-10-13-27-24(20)17-22)12-15-29-14-11-21-16-23(8-9-25(21)29)31-18-19-4-2-1-3-5-19/h1-11,13-14,16-17,27H,12,15,18H2,(H,28,30). The minimum Gasteiger partial charge on any atom is -0.489 e. The number of carbonyl (C=O) groups excluding carboxylic acids is 1. The molecule has 5 rings (SSSR count). The van der Waals surface area contributed by atoms with E-state index >= 15 is 0 Å². The zero-order chi connectivity index (χ0) is 21.0. The van der Waals surface area contributed by atoms with Crippen LogP contribution < -0.4 is 10.1 Å². The van der Waals surface area contributed by atoms with E-state index in [1.165, 1.54) is 0 Å². The summed E-state index contributed by atoms with van der Waals surface area (Å²) in [5.41, 5.74) is 4.05. The fourth-order valence-corrected chi connectivity index (χ4v) is 3.77. The fourth-order valence-electron chi connectivity index (χ4n) is 3.77. The van der Waals surface area contributed by atoms with Crippen LogP contribution >= 0.6 is 0 Å². The van der Waals surface area contributed by atoms with Crippen molar-refractivity contribution in [2.45, 2.75) is 19.6 Å². The number of H-pyrrole nitrogens is 1. The molecule has 0 saturated carbocycles. The molecule has 1 amide bonds. The minimum atomic E-state index is -0.00410. The van der Waals surface area contributed by atoms with Crippen LogP contribution in [0.5, 0.6) is 5.75 Å². The minimum absolute atomic E-state index is 0.00410. The van der Waals surface area contributed by atoms with Gasteiger partial charge in [0, 0.05) is 47.5 Å². The monoisotopic (exact) mass is 409 g/mol. The van der Waals surface area contributed by atoms with Gasteiger partial charge in [0.05, 0.1) is 0 Å². The van der Waals surface area contributed by atoms with Crippen LogP contribution in [0.1, 0.15) is 12.0 Å². The average Bonchev–Trinajstić information content (AvgIpc) is 3.43. The van der Waals surface area contributed by atoms with Gasteiger partial charge in [0.1, 0.15) is 12.4 Å². The first-order chi connectivity index (χ1) is 15.2. The molecule has 0 atom stereocenters. The third kappa shape index (κ3) is 4.31. The third-order valence-electron chi connectivity index (χ3n) is 5.41. The molecule has 0 spiro atoms. The van der Waals surface area contributed by atoms with Crippen molar-refractivity contribution in [1.82, 2.24) is 9.55 Å². The van der Waals surface area contributed by atoms with Crippen molar-refractivity contribution >= 4 is 33.4 Å². The summed E-state index contributed by atoms with van der Waals surface area (Å²) in [5, 5.41) is 5.21. The van der Waals surface area contributed by atoms with E-state index < -0.39 is 0 Å². The van der Waals surface area contributed by atoms with E-state index in [1.54, 1.807) is 0 Å². The molecule has 0 unspecified atom stereocenters. The Balaban J connectivity index is 1.20. The number of nitrogens with one attached hydrogen (secondary N) is 2. The second-order valence-electron chi connectivity index (χ2n) is 7.58. The predicted molar refractivity (Wildman–Crippen MR) is 124 cm³/mol. The lowest BCUT2D eigenvalue weighted by Gasteiger charge is -2.09. The van der Waals surface area contributed by atoms with E-state index in [9.17, 15) is 4.79 Å². The normalized spacial score (nSPS) is 11.1. The molecule has 0 aliphatic rings. The van der Waals surface area contributed by atoms with Gasteiger partial charge in [-0.1, -0.05) is 36.4 Å². The summed E-state index contributed by atoms with van der Waals surface area (Å²) >= 11 is 0. The summed E-state index contributed by atoms with van der Waals surface area (Å²) in [6.07, 6.45) is 4.31. The molecule has 0 aliphatic carbocycles. The SMILES string of the molecule is O=C(CCn1ccc2cc(OCc3ccccc3)ccc21)Nc1ccc2cc[nH]c2c1. The lowest BCUT2D eigenvalue weighted by Crippen LogP contribution is -2.14. The molecule has 0 fully saturated rings. The first-order valence-electron chi connectivity index (χ1n) is 10.4. The Morgan fingerprint density at radius 2 is 1.84 bits per heavy atom. The lowest BCUT2D eigenvalue weighted by molar-refractivity contribution is -0.116. The molecule has 2 aromatic heterocycles. The van der Waals surface area contributed by atoms with Gasteiger partial charge in [-0.25, -0.2) is 0 Å². The molecule has 5 heteroatoms. The van der Waals surface area contributed by atoms with Crippen LogP contribution in [0, 0.1) is 0 Å². The molecule has 0 saturated heterocycles.